The van der Waals surface area contributed by atoms with Crippen molar-refractivity contribution in [2.45, 2.75) is 25.5 Å². The fraction of sp³-hybridized carbons (Fsp3) is 0.368. The summed E-state index contributed by atoms with van der Waals surface area (Å²) >= 11 is 0. The average Bonchev–Trinajstić information content (AvgIpc) is 2.91. The van der Waals surface area contributed by atoms with Gasteiger partial charge in [-0.05, 0) is 43.2 Å². The molecule has 1 N–H and O–H groups in total. The molecule has 2 heterocycles. The van der Waals surface area contributed by atoms with E-state index in [-0.39, 0.29) is 18.8 Å². The molecule has 0 radical (unpaired) electrons. The zero-order valence-corrected chi connectivity index (χ0v) is 15.4. The molecule has 0 aliphatic carbocycles. The normalized spacial score (nSPS) is 18.9. The van der Waals surface area contributed by atoms with Crippen LogP contribution >= 0.6 is 0 Å². The molecule has 144 valence electrons. The summed E-state index contributed by atoms with van der Waals surface area (Å²) in [7, 11) is -3.34. The lowest BCUT2D eigenvalue weighted by Gasteiger charge is -2.28. The average molecular weight is 394 g/mol. The Kier molecular flexibility index (Phi) is 4.65. The summed E-state index contributed by atoms with van der Waals surface area (Å²) in [5, 5.41) is 11.3. The predicted molar refractivity (Wildman–Crippen MR) is 100.0 cm³/mol. The fourth-order valence-corrected chi connectivity index (χ4v) is 5.46. The van der Waals surface area contributed by atoms with Gasteiger partial charge in [0.25, 0.3) is 0 Å². The van der Waals surface area contributed by atoms with Gasteiger partial charge in [0.2, 0.25) is 10.0 Å². The van der Waals surface area contributed by atoms with Crippen molar-refractivity contribution in [1.82, 2.24) is 8.87 Å². The van der Waals surface area contributed by atoms with Gasteiger partial charge in [0.1, 0.15) is 11.6 Å². The lowest BCUT2D eigenvalue weighted by molar-refractivity contribution is 0.128. The van der Waals surface area contributed by atoms with Crippen LogP contribution in [0.15, 0.2) is 36.4 Å². The topological polar surface area (TPSA) is 62.5 Å². The Labute approximate surface area is 155 Å². The van der Waals surface area contributed by atoms with Crippen molar-refractivity contribution in [2.24, 2.45) is 0 Å². The number of hydrogen-bond acceptors (Lipinski definition) is 3. The van der Waals surface area contributed by atoms with Gasteiger partial charge in [0, 0.05) is 29.4 Å². The monoisotopic (exact) mass is 394 g/mol. The van der Waals surface area contributed by atoms with Crippen molar-refractivity contribution in [3.05, 3.63) is 48.0 Å². The maximum atomic E-state index is 14.4. The highest BCUT2D eigenvalue weighted by Crippen LogP contribution is 2.32. The number of β-amino-alcohol motifs (C(OH)–C–C–N with tert-alkyl or cyclic N) is 1. The molecule has 1 aromatic heterocycles. The lowest BCUT2D eigenvalue weighted by Crippen LogP contribution is -2.43. The zero-order chi connectivity index (χ0) is 19.2. The van der Waals surface area contributed by atoms with Crippen molar-refractivity contribution < 1.29 is 22.3 Å². The van der Waals surface area contributed by atoms with Crippen molar-refractivity contribution >= 4 is 31.8 Å². The second-order valence-electron chi connectivity index (χ2n) is 6.94. The SMILES string of the molecule is O=S1(=O)CCCCN1CC(O)Cn1c2ccc(F)cc2c2c(F)cccc21. The van der Waals surface area contributed by atoms with Crippen LogP contribution in [0.2, 0.25) is 0 Å². The Hall–Kier alpha value is -2.03. The van der Waals surface area contributed by atoms with Crippen LogP contribution in [0.4, 0.5) is 8.78 Å². The molecule has 4 rings (SSSR count). The van der Waals surface area contributed by atoms with Gasteiger partial charge in [0.05, 0.1) is 23.9 Å². The summed E-state index contributed by atoms with van der Waals surface area (Å²) < 4.78 is 55.4. The summed E-state index contributed by atoms with van der Waals surface area (Å²) in [6, 6.07) is 8.70. The van der Waals surface area contributed by atoms with Gasteiger partial charge in [-0.3, -0.25) is 0 Å². The maximum Gasteiger partial charge on any atom is 0.214 e. The molecule has 5 nitrogen and oxygen atoms in total. The lowest BCUT2D eigenvalue weighted by atomic mass is 10.1. The number of nitrogens with zero attached hydrogens (tertiary/aromatic N) is 2. The van der Waals surface area contributed by atoms with Gasteiger partial charge >= 0.3 is 0 Å². The molecule has 0 saturated carbocycles. The molecule has 1 saturated heterocycles. The summed E-state index contributed by atoms with van der Waals surface area (Å²) in [5.41, 5.74) is 1.13. The van der Waals surface area contributed by atoms with Crippen molar-refractivity contribution in [2.75, 3.05) is 18.8 Å². The van der Waals surface area contributed by atoms with E-state index in [1.54, 1.807) is 22.8 Å². The van der Waals surface area contributed by atoms with Gasteiger partial charge < -0.3 is 9.67 Å². The molecule has 1 atom stereocenters. The summed E-state index contributed by atoms with van der Waals surface area (Å²) in [4.78, 5) is 0. The Morgan fingerprint density at radius 2 is 1.89 bits per heavy atom. The van der Waals surface area contributed by atoms with Crippen molar-refractivity contribution in [3.63, 3.8) is 0 Å². The number of aromatic nitrogens is 1. The molecule has 0 amide bonds. The first kappa shape index (κ1) is 18.3. The van der Waals surface area contributed by atoms with Crippen LogP contribution in [0.3, 0.4) is 0 Å². The number of rotatable bonds is 4. The second-order valence-corrected chi connectivity index (χ2v) is 9.03. The van der Waals surface area contributed by atoms with Crippen LogP contribution in [0.25, 0.3) is 21.8 Å². The van der Waals surface area contributed by atoms with E-state index in [1.807, 2.05) is 0 Å². The molecule has 1 aliphatic rings. The minimum atomic E-state index is -3.34. The van der Waals surface area contributed by atoms with Gasteiger partial charge in [-0.25, -0.2) is 17.2 Å². The first-order valence-corrected chi connectivity index (χ1v) is 10.5. The second kappa shape index (κ2) is 6.85. The van der Waals surface area contributed by atoms with Gasteiger partial charge in [-0.1, -0.05) is 6.07 Å². The van der Waals surface area contributed by atoms with Gasteiger partial charge in [-0.2, -0.15) is 4.31 Å². The number of fused-ring (bicyclic) bond motifs is 3. The molecule has 3 aromatic rings. The van der Waals surface area contributed by atoms with Crippen LogP contribution in [0.1, 0.15) is 12.8 Å². The third kappa shape index (κ3) is 3.33. The summed E-state index contributed by atoms with van der Waals surface area (Å²) in [5.74, 6) is -0.834. The molecule has 2 aromatic carbocycles. The van der Waals surface area contributed by atoms with E-state index in [4.69, 9.17) is 0 Å². The zero-order valence-electron chi connectivity index (χ0n) is 14.6. The van der Waals surface area contributed by atoms with Crippen LogP contribution < -0.4 is 0 Å². The van der Waals surface area contributed by atoms with E-state index in [0.29, 0.717) is 34.8 Å². The molecule has 1 fully saturated rings. The Bertz CT molecular complexity index is 1110. The molecule has 1 aliphatic heterocycles. The highest BCUT2D eigenvalue weighted by atomic mass is 32.2. The van der Waals surface area contributed by atoms with E-state index in [0.717, 1.165) is 6.42 Å². The quantitative estimate of drug-likeness (QED) is 0.740. The standard InChI is InChI=1S/C19H20F2N2O3S/c20-13-6-7-17-15(10-13)19-16(21)4-3-5-18(19)23(17)12-14(24)11-22-8-1-2-9-27(22,25)26/h3-7,10,14,24H,1-2,8-9,11-12H2. The number of halogens is 2. The predicted octanol–water partition coefficient (Wildman–Crippen LogP) is 2.86. The highest BCUT2D eigenvalue weighted by Gasteiger charge is 2.28. The van der Waals surface area contributed by atoms with E-state index < -0.39 is 27.8 Å². The maximum absolute atomic E-state index is 14.4. The molecular weight excluding hydrogens is 374 g/mol. The van der Waals surface area contributed by atoms with Crippen LogP contribution in [0, 0.1) is 11.6 Å². The first-order valence-electron chi connectivity index (χ1n) is 8.89. The number of hydrogen-bond donors (Lipinski definition) is 1. The molecule has 27 heavy (non-hydrogen) atoms. The Balaban J connectivity index is 1.72. The molecule has 0 bridgehead atoms. The Morgan fingerprint density at radius 3 is 2.67 bits per heavy atom. The van der Waals surface area contributed by atoms with Gasteiger partial charge in [-0.15, -0.1) is 0 Å². The van der Waals surface area contributed by atoms with E-state index in [9.17, 15) is 22.3 Å². The Morgan fingerprint density at radius 1 is 1.07 bits per heavy atom. The molecule has 1 unspecified atom stereocenters. The van der Waals surface area contributed by atoms with Gasteiger partial charge in [0.15, 0.2) is 0 Å². The minimum absolute atomic E-state index is 0.0139. The van der Waals surface area contributed by atoms with Crippen LogP contribution in [0.5, 0.6) is 0 Å². The number of benzene rings is 2. The smallest absolute Gasteiger partial charge is 0.214 e. The number of aliphatic hydroxyl groups is 1. The van der Waals surface area contributed by atoms with E-state index >= 15 is 0 Å². The number of sulfonamides is 1. The minimum Gasteiger partial charge on any atom is -0.390 e. The summed E-state index contributed by atoms with van der Waals surface area (Å²) in [6.07, 6.45) is 0.434. The van der Waals surface area contributed by atoms with Crippen molar-refractivity contribution in [1.29, 1.82) is 0 Å². The summed E-state index contributed by atoms with van der Waals surface area (Å²) in [6.45, 7) is 0.466. The molecule has 0 spiro atoms. The third-order valence-corrected chi connectivity index (χ3v) is 6.99. The van der Waals surface area contributed by atoms with Crippen LogP contribution in [-0.4, -0.2) is 47.3 Å². The molecular formula is C19H20F2N2O3S. The third-order valence-electron chi connectivity index (χ3n) is 5.06. The fourth-order valence-electron chi connectivity index (χ4n) is 3.82. The first-order chi connectivity index (χ1) is 12.9. The number of aliphatic hydroxyl groups excluding tert-OH is 1. The highest BCUT2D eigenvalue weighted by molar-refractivity contribution is 7.89. The largest absolute Gasteiger partial charge is 0.390 e. The van der Waals surface area contributed by atoms with Crippen molar-refractivity contribution in [3.8, 4) is 0 Å². The van der Waals surface area contributed by atoms with Crippen LogP contribution in [-0.2, 0) is 16.6 Å². The van der Waals surface area contributed by atoms with E-state index in [1.165, 1.54) is 22.5 Å². The molecule has 8 heteroatoms. The van der Waals surface area contributed by atoms with E-state index in [2.05, 4.69) is 0 Å².